The van der Waals surface area contributed by atoms with Crippen molar-refractivity contribution in [1.29, 1.82) is 0 Å². The Morgan fingerprint density at radius 2 is 1.70 bits per heavy atom. The molecule has 47 heavy (non-hydrogen) atoms. The lowest BCUT2D eigenvalue weighted by molar-refractivity contribution is -0.121. The van der Waals surface area contributed by atoms with Crippen LogP contribution in [0.3, 0.4) is 0 Å². The molecule has 0 aliphatic heterocycles. The Kier molecular flexibility index (Phi) is 18.0. The van der Waals surface area contributed by atoms with Crippen LogP contribution >= 0.6 is 37.2 Å². The first-order chi connectivity index (χ1) is 21.4. The molecule has 2 heterocycles. The monoisotopic (exact) mass is 716 g/mol. The summed E-state index contributed by atoms with van der Waals surface area (Å²) < 4.78 is 35.7. The molecule has 2 aromatic carbocycles. The van der Waals surface area contributed by atoms with Crippen molar-refractivity contribution in [2.24, 2.45) is 5.73 Å². The van der Waals surface area contributed by atoms with Gasteiger partial charge in [-0.1, -0.05) is 6.92 Å². The number of aromatic nitrogens is 3. The highest BCUT2D eigenvalue weighted by atomic mass is 35.5. The molecule has 4 rings (SSSR count). The van der Waals surface area contributed by atoms with Gasteiger partial charge < -0.3 is 31.7 Å². The summed E-state index contributed by atoms with van der Waals surface area (Å²) in [6.07, 6.45) is 7.24. The zero-order valence-electron chi connectivity index (χ0n) is 26.1. The number of benzene rings is 2. The Bertz CT molecular complexity index is 1610. The lowest BCUT2D eigenvalue weighted by Crippen LogP contribution is -2.35. The molecule has 0 radical (unpaired) electrons. The second kappa shape index (κ2) is 20.5. The van der Waals surface area contributed by atoms with Crippen LogP contribution in [0.15, 0.2) is 48.9 Å². The van der Waals surface area contributed by atoms with Crippen molar-refractivity contribution in [2.75, 3.05) is 45.2 Å². The number of nitrogens with zero attached hydrogens (tertiary/aromatic N) is 3. The number of hydrogen-bond donors (Lipinski definition) is 5. The Hall–Kier alpha value is -3.75. The van der Waals surface area contributed by atoms with Crippen LogP contribution in [0.1, 0.15) is 42.1 Å². The van der Waals surface area contributed by atoms with Gasteiger partial charge in [-0.2, -0.15) is 4.39 Å². The first kappa shape index (κ1) is 41.3. The topological polar surface area (TPSA) is 148 Å². The van der Waals surface area contributed by atoms with Gasteiger partial charge in [-0.25, -0.2) is 14.4 Å². The van der Waals surface area contributed by atoms with Gasteiger partial charge in [0.25, 0.3) is 5.91 Å². The molecular weight excluding hydrogens is 677 g/mol. The van der Waals surface area contributed by atoms with E-state index < -0.39 is 11.6 Å². The van der Waals surface area contributed by atoms with E-state index in [1.165, 1.54) is 31.6 Å². The van der Waals surface area contributed by atoms with Gasteiger partial charge in [0.05, 0.1) is 19.0 Å². The Morgan fingerprint density at radius 1 is 0.957 bits per heavy atom. The van der Waals surface area contributed by atoms with Crippen LogP contribution in [0, 0.1) is 11.6 Å². The van der Waals surface area contributed by atoms with E-state index in [1.807, 2.05) is 13.0 Å². The summed E-state index contributed by atoms with van der Waals surface area (Å²) in [6, 6.07) is 8.13. The van der Waals surface area contributed by atoms with Crippen molar-refractivity contribution < 1.29 is 23.1 Å². The van der Waals surface area contributed by atoms with Crippen molar-refractivity contribution in [2.45, 2.75) is 32.6 Å². The van der Waals surface area contributed by atoms with Crippen LogP contribution in [0.2, 0.25) is 0 Å². The molecule has 4 aromatic rings. The number of ether oxygens (including phenoxy) is 1. The molecule has 0 atom stereocenters. The predicted octanol–water partition coefficient (Wildman–Crippen LogP) is 4.82. The minimum Gasteiger partial charge on any atom is -0.494 e. The first-order valence-corrected chi connectivity index (χ1v) is 14.6. The molecule has 11 nitrogen and oxygen atoms in total. The van der Waals surface area contributed by atoms with E-state index in [4.69, 9.17) is 10.5 Å². The number of nitrogens with two attached hydrogens (primary N) is 1. The number of aryl methyl sites for hydroxylation is 1. The third kappa shape index (κ3) is 10.6. The summed E-state index contributed by atoms with van der Waals surface area (Å²) in [4.78, 5) is 33.7. The minimum atomic E-state index is -1.08. The van der Waals surface area contributed by atoms with Crippen molar-refractivity contribution in [3.05, 3.63) is 71.7 Å². The van der Waals surface area contributed by atoms with Crippen LogP contribution in [0.4, 0.5) is 20.3 Å². The molecule has 0 spiro atoms. The van der Waals surface area contributed by atoms with Crippen molar-refractivity contribution in [3.8, 4) is 17.0 Å². The standard InChI is InChI=1S/C31H38F2N8O3.3ClH/c1-3-20-18-21(7-8-22(20)31(43)38-15-14-36-26(42)6-4-12-35-13-5-11-34)40-29-30-39-19-24(41(30)17-16-37-29)23-9-10-25(44-2)28(33)27(23)32;;;/h7-10,16-19,35H,3-6,11-15,34H2,1-2H3,(H,36,42)(H,37,40)(H,38,43);3*1H. The Morgan fingerprint density at radius 3 is 2.43 bits per heavy atom. The molecule has 16 heteroatoms. The third-order valence-electron chi connectivity index (χ3n) is 7.01. The van der Waals surface area contributed by atoms with E-state index in [1.54, 1.807) is 22.7 Å². The predicted molar refractivity (Wildman–Crippen MR) is 187 cm³/mol. The molecule has 0 bridgehead atoms. The summed E-state index contributed by atoms with van der Waals surface area (Å²) >= 11 is 0. The van der Waals surface area contributed by atoms with Gasteiger partial charge in [-0.3, -0.25) is 14.0 Å². The lowest BCUT2D eigenvalue weighted by atomic mass is 10.0. The molecule has 0 aliphatic carbocycles. The van der Waals surface area contributed by atoms with Crippen LogP contribution in [0.5, 0.6) is 5.75 Å². The van der Waals surface area contributed by atoms with Gasteiger partial charge in [0.2, 0.25) is 11.7 Å². The maximum absolute atomic E-state index is 14.8. The average Bonchev–Trinajstić information content (AvgIpc) is 3.47. The van der Waals surface area contributed by atoms with E-state index in [-0.39, 0.29) is 60.3 Å². The number of carbonyl (C=O) groups is 2. The van der Waals surface area contributed by atoms with Crippen LogP contribution < -0.4 is 31.7 Å². The maximum atomic E-state index is 14.8. The molecule has 6 N–H and O–H groups in total. The number of halogens is 5. The second-order valence-corrected chi connectivity index (χ2v) is 10.0. The van der Waals surface area contributed by atoms with E-state index in [0.717, 1.165) is 31.5 Å². The molecule has 0 saturated carbocycles. The fourth-order valence-electron chi connectivity index (χ4n) is 4.70. The van der Waals surface area contributed by atoms with Crippen LogP contribution in [-0.4, -0.2) is 66.0 Å². The minimum absolute atomic E-state index is 0. The number of imidazole rings is 1. The quantitative estimate of drug-likeness (QED) is 0.104. The van der Waals surface area contributed by atoms with Crippen LogP contribution in [0.25, 0.3) is 16.9 Å². The Balaban J connectivity index is 0.00000368. The number of fused-ring (bicyclic) bond motifs is 1. The van der Waals surface area contributed by atoms with Crippen molar-refractivity contribution >= 4 is 66.2 Å². The summed E-state index contributed by atoms with van der Waals surface area (Å²) in [5.74, 6) is -2.20. The van der Waals surface area contributed by atoms with Crippen molar-refractivity contribution in [1.82, 2.24) is 30.3 Å². The smallest absolute Gasteiger partial charge is 0.251 e. The summed E-state index contributed by atoms with van der Waals surface area (Å²) in [5, 5.41) is 12.1. The molecule has 258 valence electrons. The van der Waals surface area contributed by atoms with Gasteiger partial charge in [-0.15, -0.1) is 37.2 Å². The number of methoxy groups -OCH3 is 1. The number of nitrogens with one attached hydrogen (secondary N) is 4. The highest BCUT2D eigenvalue weighted by Crippen LogP contribution is 2.31. The normalized spacial score (nSPS) is 10.3. The number of amides is 2. The van der Waals surface area contributed by atoms with Gasteiger partial charge in [0.15, 0.2) is 23.0 Å². The fraction of sp³-hybridized carbons (Fsp3) is 0.355. The molecule has 2 aromatic heterocycles. The first-order valence-electron chi connectivity index (χ1n) is 14.6. The van der Waals surface area contributed by atoms with Crippen molar-refractivity contribution in [3.63, 3.8) is 0 Å². The summed E-state index contributed by atoms with van der Waals surface area (Å²) in [5.41, 5.74) is 8.25. The van der Waals surface area contributed by atoms with Gasteiger partial charge in [-0.05, 0) is 74.8 Å². The average molecular weight is 718 g/mol. The third-order valence-corrected chi connectivity index (χ3v) is 7.01. The van der Waals surface area contributed by atoms with E-state index in [0.29, 0.717) is 60.9 Å². The molecule has 2 amide bonds. The largest absolute Gasteiger partial charge is 0.494 e. The molecule has 0 fully saturated rings. The Labute approximate surface area is 291 Å². The lowest BCUT2D eigenvalue weighted by Gasteiger charge is -2.13. The van der Waals surface area contributed by atoms with Crippen LogP contribution in [-0.2, 0) is 11.2 Å². The second-order valence-electron chi connectivity index (χ2n) is 10.0. The molecule has 0 unspecified atom stereocenters. The van der Waals surface area contributed by atoms with Gasteiger partial charge >= 0.3 is 0 Å². The highest BCUT2D eigenvalue weighted by molar-refractivity contribution is 5.96. The maximum Gasteiger partial charge on any atom is 0.251 e. The zero-order chi connectivity index (χ0) is 31.5. The van der Waals surface area contributed by atoms with Gasteiger partial charge in [0, 0.05) is 48.7 Å². The zero-order valence-corrected chi connectivity index (χ0v) is 28.6. The summed E-state index contributed by atoms with van der Waals surface area (Å²) in [7, 11) is 1.27. The number of rotatable bonds is 16. The molecule has 0 saturated heterocycles. The molecular formula is C31H41Cl3F2N8O3. The van der Waals surface area contributed by atoms with E-state index in [2.05, 4.69) is 31.2 Å². The number of hydrogen-bond acceptors (Lipinski definition) is 8. The summed E-state index contributed by atoms with van der Waals surface area (Å²) in [6.45, 7) is 4.83. The molecule has 0 aliphatic rings. The van der Waals surface area contributed by atoms with Gasteiger partial charge in [0.1, 0.15) is 0 Å². The fourth-order valence-corrected chi connectivity index (χ4v) is 4.70. The van der Waals surface area contributed by atoms with E-state index >= 15 is 0 Å². The number of anilines is 2. The highest BCUT2D eigenvalue weighted by Gasteiger charge is 2.19. The number of carbonyl (C=O) groups excluding carboxylic acids is 2. The SMILES string of the molecule is CCc1cc(Nc2nccn3c(-c4ccc(OC)c(F)c4F)cnc23)ccc1C(=O)NCCNC(=O)CCCNCCCN.Cl.Cl.Cl. The van der Waals surface area contributed by atoms with E-state index in [9.17, 15) is 18.4 Å².